The Kier molecular flexibility index (Phi) is 2.54. The molecular formula is C9H12N4OS. The Balaban J connectivity index is 2.49. The molecule has 0 saturated heterocycles. The van der Waals surface area contributed by atoms with Gasteiger partial charge >= 0.3 is 0 Å². The highest BCUT2D eigenvalue weighted by atomic mass is 32.1. The molecule has 0 aliphatic heterocycles. The van der Waals surface area contributed by atoms with E-state index in [0.29, 0.717) is 5.69 Å². The lowest BCUT2D eigenvalue weighted by Gasteiger charge is -1.96. The van der Waals surface area contributed by atoms with Gasteiger partial charge in [-0.15, -0.1) is 5.10 Å². The van der Waals surface area contributed by atoms with Crippen molar-refractivity contribution in [3.8, 4) is 5.13 Å². The number of aromatic nitrogens is 4. The molecule has 2 heterocycles. The molecule has 1 N–H and O–H groups in total. The highest BCUT2D eigenvalue weighted by Gasteiger charge is 2.12. The van der Waals surface area contributed by atoms with Crippen LogP contribution >= 0.6 is 11.3 Å². The van der Waals surface area contributed by atoms with Crippen LogP contribution in [0.3, 0.4) is 0 Å². The summed E-state index contributed by atoms with van der Waals surface area (Å²) < 4.78 is 1.66. The SMILES string of the molecule is Cc1nc(-n2nnc(CO)c2C)sc1C. The Morgan fingerprint density at radius 2 is 2.07 bits per heavy atom. The van der Waals surface area contributed by atoms with Gasteiger partial charge < -0.3 is 5.11 Å². The van der Waals surface area contributed by atoms with E-state index in [1.165, 1.54) is 4.88 Å². The van der Waals surface area contributed by atoms with Gasteiger partial charge in [-0.1, -0.05) is 16.6 Å². The van der Waals surface area contributed by atoms with Crippen LogP contribution in [0.4, 0.5) is 0 Å². The summed E-state index contributed by atoms with van der Waals surface area (Å²) in [6.07, 6.45) is 0. The number of rotatable bonds is 2. The minimum absolute atomic E-state index is 0.0881. The van der Waals surface area contributed by atoms with Crippen LogP contribution in [-0.2, 0) is 6.61 Å². The monoisotopic (exact) mass is 224 g/mol. The van der Waals surface area contributed by atoms with E-state index in [-0.39, 0.29) is 6.61 Å². The molecule has 5 nitrogen and oxygen atoms in total. The summed E-state index contributed by atoms with van der Waals surface area (Å²) in [4.78, 5) is 5.56. The van der Waals surface area contributed by atoms with Gasteiger partial charge in [-0.2, -0.15) is 4.68 Å². The van der Waals surface area contributed by atoms with Crippen LogP contribution in [0.5, 0.6) is 0 Å². The fourth-order valence-electron chi connectivity index (χ4n) is 1.23. The molecule has 15 heavy (non-hydrogen) atoms. The van der Waals surface area contributed by atoms with Gasteiger partial charge in [0.15, 0.2) is 0 Å². The van der Waals surface area contributed by atoms with Gasteiger partial charge in [0.05, 0.1) is 18.0 Å². The third-order valence-corrected chi connectivity index (χ3v) is 3.39. The number of thiazole rings is 1. The van der Waals surface area contributed by atoms with Crippen molar-refractivity contribution in [3.63, 3.8) is 0 Å². The van der Waals surface area contributed by atoms with Crippen molar-refractivity contribution in [2.75, 3.05) is 0 Å². The molecule has 0 saturated carbocycles. The van der Waals surface area contributed by atoms with E-state index in [9.17, 15) is 0 Å². The Morgan fingerprint density at radius 3 is 2.53 bits per heavy atom. The van der Waals surface area contributed by atoms with Gasteiger partial charge in [0.2, 0.25) is 5.13 Å². The number of aryl methyl sites for hydroxylation is 2. The highest BCUT2D eigenvalue weighted by Crippen LogP contribution is 2.21. The van der Waals surface area contributed by atoms with Crippen LogP contribution in [0.2, 0.25) is 0 Å². The van der Waals surface area contributed by atoms with E-state index in [0.717, 1.165) is 16.5 Å². The van der Waals surface area contributed by atoms with E-state index in [1.54, 1.807) is 16.0 Å². The van der Waals surface area contributed by atoms with Gasteiger partial charge in [0, 0.05) is 4.88 Å². The van der Waals surface area contributed by atoms with E-state index in [4.69, 9.17) is 5.11 Å². The fourth-order valence-corrected chi connectivity index (χ4v) is 2.14. The Morgan fingerprint density at radius 1 is 1.33 bits per heavy atom. The molecule has 2 aromatic heterocycles. The first kappa shape index (κ1) is 10.3. The number of nitrogens with zero attached hydrogens (tertiary/aromatic N) is 4. The van der Waals surface area contributed by atoms with Gasteiger partial charge in [-0.25, -0.2) is 4.98 Å². The first-order valence-corrected chi connectivity index (χ1v) is 5.41. The predicted molar refractivity (Wildman–Crippen MR) is 57.2 cm³/mol. The van der Waals surface area contributed by atoms with Crippen LogP contribution in [0.25, 0.3) is 5.13 Å². The summed E-state index contributed by atoms with van der Waals surface area (Å²) >= 11 is 1.57. The summed E-state index contributed by atoms with van der Waals surface area (Å²) in [6, 6.07) is 0. The average molecular weight is 224 g/mol. The van der Waals surface area contributed by atoms with Gasteiger partial charge in [-0.05, 0) is 20.8 Å². The number of hydrogen-bond acceptors (Lipinski definition) is 5. The molecule has 0 aliphatic carbocycles. The van der Waals surface area contributed by atoms with Gasteiger partial charge in [0.1, 0.15) is 5.69 Å². The quantitative estimate of drug-likeness (QED) is 0.831. The lowest BCUT2D eigenvalue weighted by atomic mass is 10.4. The van der Waals surface area contributed by atoms with E-state index in [1.807, 2.05) is 20.8 Å². The fraction of sp³-hybridized carbons (Fsp3) is 0.444. The van der Waals surface area contributed by atoms with Crippen LogP contribution in [-0.4, -0.2) is 25.1 Å². The molecule has 0 spiro atoms. The van der Waals surface area contributed by atoms with Crippen LogP contribution in [0.1, 0.15) is 22.0 Å². The maximum absolute atomic E-state index is 9.01. The molecule has 0 bridgehead atoms. The number of hydrogen-bond donors (Lipinski definition) is 1. The zero-order valence-corrected chi connectivity index (χ0v) is 9.67. The third-order valence-electron chi connectivity index (χ3n) is 2.34. The Labute approximate surface area is 91.4 Å². The molecule has 2 rings (SSSR count). The smallest absolute Gasteiger partial charge is 0.212 e. The second-order valence-electron chi connectivity index (χ2n) is 3.33. The van der Waals surface area contributed by atoms with Gasteiger partial charge in [-0.3, -0.25) is 0 Å². The summed E-state index contributed by atoms with van der Waals surface area (Å²) in [7, 11) is 0. The third kappa shape index (κ3) is 1.66. The van der Waals surface area contributed by atoms with Crippen LogP contribution in [0, 0.1) is 20.8 Å². The minimum Gasteiger partial charge on any atom is -0.390 e. The lowest BCUT2D eigenvalue weighted by Crippen LogP contribution is -1.99. The standard InChI is InChI=1S/C9H12N4OS/c1-5-7(3)15-9(10-5)13-6(2)8(4-14)11-12-13/h14H,4H2,1-3H3. The molecule has 0 unspecified atom stereocenters. The van der Waals surface area contributed by atoms with Crippen molar-refractivity contribution in [2.45, 2.75) is 27.4 Å². The topological polar surface area (TPSA) is 63.8 Å². The van der Waals surface area contributed by atoms with E-state index in [2.05, 4.69) is 15.3 Å². The number of aliphatic hydroxyl groups is 1. The molecule has 80 valence electrons. The average Bonchev–Trinajstić information content (AvgIpc) is 2.71. The molecule has 0 aromatic carbocycles. The summed E-state index contributed by atoms with van der Waals surface area (Å²) in [6.45, 7) is 5.77. The molecule has 2 aromatic rings. The summed E-state index contributed by atoms with van der Waals surface area (Å²) in [5.41, 5.74) is 2.45. The van der Waals surface area contributed by atoms with Crippen molar-refractivity contribution in [2.24, 2.45) is 0 Å². The predicted octanol–water partition coefficient (Wildman–Crippen LogP) is 1.14. The lowest BCUT2D eigenvalue weighted by molar-refractivity contribution is 0.276. The first-order chi connectivity index (χ1) is 7.13. The van der Waals surface area contributed by atoms with Crippen molar-refractivity contribution in [1.29, 1.82) is 0 Å². The molecule has 0 aliphatic rings. The van der Waals surface area contributed by atoms with Crippen molar-refractivity contribution in [1.82, 2.24) is 20.0 Å². The second-order valence-corrected chi connectivity index (χ2v) is 4.51. The zero-order chi connectivity index (χ0) is 11.0. The molecular weight excluding hydrogens is 212 g/mol. The largest absolute Gasteiger partial charge is 0.390 e. The molecule has 0 atom stereocenters. The van der Waals surface area contributed by atoms with Crippen molar-refractivity contribution >= 4 is 11.3 Å². The second kappa shape index (κ2) is 3.71. The highest BCUT2D eigenvalue weighted by molar-refractivity contribution is 7.14. The summed E-state index contributed by atoms with van der Waals surface area (Å²) in [5.74, 6) is 0. The maximum atomic E-state index is 9.01. The van der Waals surface area contributed by atoms with Crippen LogP contribution in [0.15, 0.2) is 0 Å². The Bertz CT molecular complexity index is 469. The normalized spacial score (nSPS) is 10.9. The van der Waals surface area contributed by atoms with Crippen molar-refractivity contribution in [3.05, 3.63) is 22.0 Å². The molecule has 0 fully saturated rings. The zero-order valence-electron chi connectivity index (χ0n) is 8.85. The van der Waals surface area contributed by atoms with Crippen LogP contribution < -0.4 is 0 Å². The number of aliphatic hydroxyl groups excluding tert-OH is 1. The maximum Gasteiger partial charge on any atom is 0.212 e. The summed E-state index contributed by atoms with van der Waals surface area (Å²) in [5, 5.41) is 17.7. The Hall–Kier alpha value is -1.27. The first-order valence-electron chi connectivity index (χ1n) is 4.60. The minimum atomic E-state index is -0.0881. The molecule has 6 heteroatoms. The molecule has 0 amide bonds. The van der Waals surface area contributed by atoms with E-state index < -0.39 is 0 Å². The van der Waals surface area contributed by atoms with Gasteiger partial charge in [0.25, 0.3) is 0 Å². The molecule has 0 radical (unpaired) electrons. The van der Waals surface area contributed by atoms with Crippen molar-refractivity contribution < 1.29 is 5.11 Å². The van der Waals surface area contributed by atoms with E-state index >= 15 is 0 Å².